The lowest BCUT2D eigenvalue weighted by molar-refractivity contribution is 0.519. The number of fused-ring (bicyclic) bond motifs is 1. The topological polar surface area (TPSA) is 85.1 Å². The Labute approximate surface area is 116 Å². The fraction of sp³-hybridized carbons (Fsp3) is 0.417. The second-order valence-electron chi connectivity index (χ2n) is 4.69. The van der Waals surface area contributed by atoms with Gasteiger partial charge in [0.2, 0.25) is 10.0 Å². The van der Waals surface area contributed by atoms with Crippen molar-refractivity contribution in [3.63, 3.8) is 0 Å². The first-order valence-corrected chi connectivity index (χ1v) is 8.36. The lowest BCUT2D eigenvalue weighted by Gasteiger charge is -2.16. The average molecular weight is 299 g/mol. The van der Waals surface area contributed by atoms with Gasteiger partial charge in [0, 0.05) is 12.1 Å². The molecule has 0 bridgehead atoms. The Morgan fingerprint density at radius 2 is 2.16 bits per heavy atom. The van der Waals surface area contributed by atoms with Crippen LogP contribution >= 0.6 is 11.3 Å². The van der Waals surface area contributed by atoms with E-state index >= 15 is 0 Å². The van der Waals surface area contributed by atoms with Gasteiger partial charge in [-0.15, -0.1) is 11.3 Å². The fourth-order valence-electron chi connectivity index (χ4n) is 2.01. The van der Waals surface area contributed by atoms with E-state index in [0.29, 0.717) is 11.9 Å². The van der Waals surface area contributed by atoms with Crippen LogP contribution in [0.4, 0.5) is 0 Å². The molecule has 0 fully saturated rings. The molecule has 0 amide bonds. The van der Waals surface area contributed by atoms with Crippen molar-refractivity contribution >= 4 is 31.6 Å². The van der Waals surface area contributed by atoms with Crippen LogP contribution < -0.4 is 10.5 Å². The van der Waals surface area contributed by atoms with Crippen LogP contribution in [-0.4, -0.2) is 25.5 Å². The molecule has 0 aliphatic carbocycles. The summed E-state index contributed by atoms with van der Waals surface area (Å²) >= 11 is 1.42. The molecule has 3 N–H and O–H groups in total. The van der Waals surface area contributed by atoms with E-state index < -0.39 is 10.0 Å². The molecule has 2 rings (SSSR count). The van der Waals surface area contributed by atoms with E-state index in [0.717, 1.165) is 4.70 Å². The first-order chi connectivity index (χ1) is 8.90. The van der Waals surface area contributed by atoms with Crippen molar-refractivity contribution in [2.24, 2.45) is 5.73 Å². The van der Waals surface area contributed by atoms with Crippen molar-refractivity contribution in [3.05, 3.63) is 23.7 Å². The van der Waals surface area contributed by atoms with Crippen LogP contribution in [0.25, 0.3) is 10.2 Å². The second kappa shape index (κ2) is 5.54. The van der Waals surface area contributed by atoms with Gasteiger partial charge in [-0.1, -0.05) is 6.07 Å². The standard InChI is InChI=1S/C12H17N3O2S2/c1-8(13)6-9(2)15-19(16,17)11-5-3-4-10-12(11)14-7-18-10/h3-5,7-9,15H,6,13H2,1-2H3. The Morgan fingerprint density at radius 3 is 2.84 bits per heavy atom. The number of nitrogens with zero attached hydrogens (tertiary/aromatic N) is 1. The molecular formula is C12H17N3O2S2. The Bertz CT molecular complexity index is 664. The van der Waals surface area contributed by atoms with Crippen molar-refractivity contribution in [1.29, 1.82) is 0 Å². The molecule has 0 radical (unpaired) electrons. The molecule has 1 aromatic carbocycles. The minimum absolute atomic E-state index is 0.0484. The van der Waals surface area contributed by atoms with Gasteiger partial charge < -0.3 is 5.73 Å². The number of nitrogens with one attached hydrogen (secondary N) is 1. The van der Waals surface area contributed by atoms with Crippen molar-refractivity contribution in [2.75, 3.05) is 0 Å². The minimum Gasteiger partial charge on any atom is -0.328 e. The summed E-state index contributed by atoms with van der Waals surface area (Å²) in [5.74, 6) is 0. The Balaban J connectivity index is 2.32. The summed E-state index contributed by atoms with van der Waals surface area (Å²) in [5.41, 5.74) is 7.85. The van der Waals surface area contributed by atoms with Crippen molar-refractivity contribution < 1.29 is 8.42 Å². The molecule has 1 aromatic heterocycles. The summed E-state index contributed by atoms with van der Waals surface area (Å²) in [5, 5.41) is 0. The molecular weight excluding hydrogens is 282 g/mol. The zero-order valence-corrected chi connectivity index (χ0v) is 12.5. The molecule has 104 valence electrons. The van der Waals surface area contributed by atoms with Crippen LogP contribution in [0.15, 0.2) is 28.6 Å². The van der Waals surface area contributed by atoms with Gasteiger partial charge in [0.05, 0.1) is 10.2 Å². The number of para-hydroxylation sites is 1. The van der Waals surface area contributed by atoms with Gasteiger partial charge in [0.1, 0.15) is 10.4 Å². The Hall–Kier alpha value is -1.02. The van der Waals surface area contributed by atoms with Gasteiger partial charge in [-0.05, 0) is 32.4 Å². The van der Waals surface area contributed by atoms with Crippen molar-refractivity contribution in [1.82, 2.24) is 9.71 Å². The highest BCUT2D eigenvalue weighted by molar-refractivity contribution is 7.89. The summed E-state index contributed by atoms with van der Waals surface area (Å²) in [6.07, 6.45) is 0.590. The van der Waals surface area contributed by atoms with Crippen molar-refractivity contribution in [3.8, 4) is 0 Å². The van der Waals surface area contributed by atoms with E-state index in [4.69, 9.17) is 5.73 Å². The van der Waals surface area contributed by atoms with E-state index in [1.54, 1.807) is 17.6 Å². The number of aromatic nitrogens is 1. The average Bonchev–Trinajstić information content (AvgIpc) is 2.73. The monoisotopic (exact) mass is 299 g/mol. The van der Waals surface area contributed by atoms with Crippen LogP contribution in [-0.2, 0) is 10.0 Å². The lowest BCUT2D eigenvalue weighted by Crippen LogP contribution is -2.36. The normalized spacial score (nSPS) is 15.5. The molecule has 2 unspecified atom stereocenters. The maximum Gasteiger partial charge on any atom is 0.243 e. The molecule has 7 heteroatoms. The van der Waals surface area contributed by atoms with Crippen LogP contribution in [0.3, 0.4) is 0 Å². The number of thiazole rings is 1. The minimum atomic E-state index is -3.56. The van der Waals surface area contributed by atoms with E-state index in [2.05, 4.69) is 9.71 Å². The van der Waals surface area contributed by atoms with Gasteiger partial charge >= 0.3 is 0 Å². The van der Waals surface area contributed by atoms with Crippen LogP contribution in [0.1, 0.15) is 20.3 Å². The highest BCUT2D eigenvalue weighted by Gasteiger charge is 2.21. The second-order valence-corrected chi connectivity index (χ2v) is 7.26. The first kappa shape index (κ1) is 14.4. The molecule has 2 aromatic rings. The van der Waals surface area contributed by atoms with Gasteiger partial charge in [-0.2, -0.15) is 0 Å². The molecule has 0 saturated carbocycles. The Morgan fingerprint density at radius 1 is 1.42 bits per heavy atom. The first-order valence-electron chi connectivity index (χ1n) is 6.00. The van der Waals surface area contributed by atoms with E-state index in [-0.39, 0.29) is 17.0 Å². The molecule has 0 saturated heterocycles. The van der Waals surface area contributed by atoms with Crippen LogP contribution in [0, 0.1) is 0 Å². The SMILES string of the molecule is CC(N)CC(C)NS(=O)(=O)c1cccc2scnc12. The zero-order chi connectivity index (χ0) is 14.0. The highest BCUT2D eigenvalue weighted by atomic mass is 32.2. The van der Waals surface area contributed by atoms with E-state index in [9.17, 15) is 8.42 Å². The lowest BCUT2D eigenvalue weighted by atomic mass is 10.1. The molecule has 0 aliphatic heterocycles. The quantitative estimate of drug-likeness (QED) is 0.880. The number of nitrogens with two attached hydrogens (primary N) is 1. The third-order valence-corrected chi connectivity index (χ3v) is 5.11. The molecule has 1 heterocycles. The molecule has 2 atom stereocenters. The number of hydrogen-bond donors (Lipinski definition) is 2. The molecule has 19 heavy (non-hydrogen) atoms. The molecule has 5 nitrogen and oxygen atoms in total. The summed E-state index contributed by atoms with van der Waals surface area (Å²) < 4.78 is 28.2. The maximum atomic E-state index is 12.3. The van der Waals surface area contributed by atoms with E-state index in [1.165, 1.54) is 11.3 Å². The molecule has 0 aliphatic rings. The van der Waals surface area contributed by atoms with Crippen LogP contribution in [0.5, 0.6) is 0 Å². The zero-order valence-electron chi connectivity index (χ0n) is 10.8. The van der Waals surface area contributed by atoms with Gasteiger partial charge in [0.15, 0.2) is 0 Å². The van der Waals surface area contributed by atoms with Gasteiger partial charge in [-0.3, -0.25) is 0 Å². The molecule has 0 spiro atoms. The third-order valence-electron chi connectivity index (χ3n) is 2.69. The number of benzene rings is 1. The smallest absolute Gasteiger partial charge is 0.243 e. The predicted molar refractivity (Wildman–Crippen MR) is 77.7 cm³/mol. The third kappa shape index (κ3) is 3.30. The largest absolute Gasteiger partial charge is 0.328 e. The number of sulfonamides is 1. The van der Waals surface area contributed by atoms with Gasteiger partial charge in [0.25, 0.3) is 0 Å². The van der Waals surface area contributed by atoms with Crippen LogP contribution in [0.2, 0.25) is 0 Å². The highest BCUT2D eigenvalue weighted by Crippen LogP contribution is 2.24. The summed E-state index contributed by atoms with van der Waals surface area (Å²) in [7, 11) is -3.56. The summed E-state index contributed by atoms with van der Waals surface area (Å²) in [4.78, 5) is 4.35. The van der Waals surface area contributed by atoms with Crippen molar-refractivity contribution in [2.45, 2.75) is 37.2 Å². The predicted octanol–water partition coefficient (Wildman–Crippen LogP) is 1.70. The van der Waals surface area contributed by atoms with Gasteiger partial charge in [-0.25, -0.2) is 18.1 Å². The maximum absolute atomic E-state index is 12.3. The fourth-order valence-corrected chi connectivity index (χ4v) is 4.21. The number of hydrogen-bond acceptors (Lipinski definition) is 5. The number of rotatable bonds is 5. The Kier molecular flexibility index (Phi) is 4.19. The summed E-state index contributed by atoms with van der Waals surface area (Å²) in [6.45, 7) is 3.66. The summed E-state index contributed by atoms with van der Waals surface area (Å²) in [6, 6.07) is 4.90. The van der Waals surface area contributed by atoms with E-state index in [1.807, 2.05) is 19.9 Å².